The molecule has 0 aromatic rings. The lowest BCUT2D eigenvalue weighted by atomic mass is 9.80. The topological polar surface area (TPSA) is 36.9 Å². The van der Waals surface area contributed by atoms with E-state index in [0.29, 0.717) is 0 Å². The molecule has 0 aromatic carbocycles. The quantitative estimate of drug-likeness (QED) is 0.282. The van der Waals surface area contributed by atoms with E-state index in [0.717, 1.165) is 111 Å². The maximum absolute atomic E-state index is 6.29. The van der Waals surface area contributed by atoms with Gasteiger partial charge in [-0.15, -0.1) is 0 Å². The van der Waals surface area contributed by atoms with Crippen molar-refractivity contribution in [3.8, 4) is 0 Å². The van der Waals surface area contributed by atoms with Gasteiger partial charge < -0.3 is 18.9 Å². The van der Waals surface area contributed by atoms with Crippen molar-refractivity contribution in [2.24, 2.45) is 71.0 Å². The smallest absolute Gasteiger partial charge is 0.0780 e. The summed E-state index contributed by atoms with van der Waals surface area (Å²) in [5.41, 5.74) is 0. The van der Waals surface area contributed by atoms with E-state index in [9.17, 15) is 0 Å². The molecule has 1 saturated heterocycles. The predicted octanol–water partition coefficient (Wildman–Crippen LogP) is 17.1. The highest BCUT2D eigenvalue weighted by Gasteiger charge is 2.22. The molecule has 1 heterocycles. The minimum Gasteiger partial charge on any atom is -0.379 e. The molecule has 4 heteroatoms. The van der Waals surface area contributed by atoms with Crippen molar-refractivity contribution in [1.29, 1.82) is 0 Å². The van der Waals surface area contributed by atoms with Gasteiger partial charge in [-0.25, -0.2) is 0 Å². The van der Waals surface area contributed by atoms with Crippen molar-refractivity contribution < 1.29 is 18.9 Å². The largest absolute Gasteiger partial charge is 0.379 e. The second-order valence-corrected chi connectivity index (χ2v) is 21.8. The van der Waals surface area contributed by atoms with Gasteiger partial charge in [0.1, 0.15) is 0 Å². The van der Waals surface area contributed by atoms with Crippen LogP contribution in [0.1, 0.15) is 238 Å². The van der Waals surface area contributed by atoms with Gasteiger partial charge in [0.15, 0.2) is 0 Å². The third-order valence-corrected chi connectivity index (χ3v) is 16.8. The highest BCUT2D eigenvalue weighted by Crippen LogP contribution is 2.33. The lowest BCUT2D eigenvalue weighted by molar-refractivity contribution is -0.0144. The Bertz CT molecular complexity index is 940. The molecule has 14 atom stereocenters. The first-order valence-corrected chi connectivity index (χ1v) is 27.1. The normalized spacial score (nSPS) is 37.9. The van der Waals surface area contributed by atoms with Crippen LogP contribution >= 0.6 is 0 Å². The van der Waals surface area contributed by atoms with Crippen LogP contribution in [0.25, 0.3) is 0 Å². The van der Waals surface area contributed by atoms with Crippen LogP contribution in [0.15, 0.2) is 0 Å². The summed E-state index contributed by atoms with van der Waals surface area (Å²) in [5, 5.41) is 0. The third-order valence-electron chi connectivity index (χ3n) is 16.8. The summed E-state index contributed by atoms with van der Waals surface area (Å²) in [5.74, 6) is 9.64. The summed E-state index contributed by atoms with van der Waals surface area (Å²) in [4.78, 5) is 0. The number of rotatable bonds is 4. The average Bonchev–Trinajstić information content (AvgIpc) is 3.24. The molecule has 1 rings (SSSR count). The molecule has 360 valence electrons. The first-order chi connectivity index (χ1) is 28.7. The summed E-state index contributed by atoms with van der Waals surface area (Å²) >= 11 is 0. The molecular weight excluding hydrogens is 737 g/mol. The lowest BCUT2D eigenvalue weighted by Crippen LogP contribution is -2.19. The number of hydrogen-bond acceptors (Lipinski definition) is 4. The Morgan fingerprint density at radius 3 is 0.900 bits per heavy atom. The Morgan fingerprint density at radius 2 is 0.550 bits per heavy atom. The summed E-state index contributed by atoms with van der Waals surface area (Å²) < 4.78 is 24.8. The zero-order valence-electron chi connectivity index (χ0n) is 43.5. The van der Waals surface area contributed by atoms with Crippen LogP contribution in [0.3, 0.4) is 0 Å². The molecule has 0 N–H and O–H groups in total. The first-order valence-electron chi connectivity index (χ1n) is 27.1. The van der Waals surface area contributed by atoms with Gasteiger partial charge in [-0.05, 0) is 123 Å². The minimum atomic E-state index is 0.181. The van der Waals surface area contributed by atoms with Crippen molar-refractivity contribution in [2.75, 3.05) is 39.6 Å². The van der Waals surface area contributed by atoms with Crippen LogP contribution in [-0.2, 0) is 18.9 Å². The molecule has 0 saturated carbocycles. The molecule has 1 aliphatic heterocycles. The SMILES string of the molecule is CCC1CCCOC(C)COCCCC(CC)CCC(C)C(C)CCC(C)C(C)CCC(CC)CCOC(C)COCCC(CC)CCC(C)C(C)CCC(C)C(C)CC1. The molecule has 0 amide bonds. The third kappa shape index (κ3) is 27.9. The van der Waals surface area contributed by atoms with E-state index in [-0.39, 0.29) is 12.2 Å². The van der Waals surface area contributed by atoms with E-state index >= 15 is 0 Å². The second-order valence-electron chi connectivity index (χ2n) is 21.8. The fourth-order valence-electron chi connectivity index (χ4n) is 9.94. The maximum atomic E-state index is 6.29. The van der Waals surface area contributed by atoms with Crippen LogP contribution in [0.4, 0.5) is 0 Å². The van der Waals surface area contributed by atoms with E-state index < -0.39 is 0 Å². The lowest BCUT2D eigenvalue weighted by Gasteiger charge is -2.27. The fourth-order valence-corrected chi connectivity index (χ4v) is 9.94. The van der Waals surface area contributed by atoms with Gasteiger partial charge in [-0.2, -0.15) is 0 Å². The molecule has 60 heavy (non-hydrogen) atoms. The van der Waals surface area contributed by atoms with Crippen LogP contribution in [0, 0.1) is 71.0 Å². The number of ether oxygens (including phenoxy) is 4. The highest BCUT2D eigenvalue weighted by molar-refractivity contribution is 4.73. The maximum Gasteiger partial charge on any atom is 0.0780 e. The van der Waals surface area contributed by atoms with Crippen molar-refractivity contribution in [2.45, 2.75) is 250 Å². The van der Waals surface area contributed by atoms with Crippen LogP contribution < -0.4 is 0 Å². The zero-order chi connectivity index (χ0) is 44.7. The molecular formula is C56H112O4. The van der Waals surface area contributed by atoms with E-state index in [1.54, 1.807) is 0 Å². The van der Waals surface area contributed by atoms with Gasteiger partial charge in [0.2, 0.25) is 0 Å². The first kappa shape index (κ1) is 57.9. The zero-order valence-corrected chi connectivity index (χ0v) is 43.5. The average molecular weight is 850 g/mol. The summed E-state index contributed by atoms with van der Waals surface area (Å²) in [6, 6.07) is 0. The molecule has 4 nitrogen and oxygen atoms in total. The Morgan fingerprint density at radius 1 is 0.283 bits per heavy atom. The van der Waals surface area contributed by atoms with Gasteiger partial charge in [0.25, 0.3) is 0 Å². The highest BCUT2D eigenvalue weighted by atomic mass is 16.5. The van der Waals surface area contributed by atoms with E-state index in [1.807, 2.05) is 0 Å². The molecule has 0 radical (unpaired) electrons. The van der Waals surface area contributed by atoms with Crippen LogP contribution in [0.5, 0.6) is 0 Å². The Balaban J connectivity index is 2.71. The van der Waals surface area contributed by atoms with Crippen molar-refractivity contribution in [3.05, 3.63) is 0 Å². The Hall–Kier alpha value is -0.160. The van der Waals surface area contributed by atoms with Gasteiger partial charge in [-0.3, -0.25) is 0 Å². The van der Waals surface area contributed by atoms with E-state index in [4.69, 9.17) is 18.9 Å². The Labute approximate surface area is 378 Å². The van der Waals surface area contributed by atoms with Gasteiger partial charge in [0.05, 0.1) is 25.4 Å². The van der Waals surface area contributed by atoms with Crippen molar-refractivity contribution >= 4 is 0 Å². The monoisotopic (exact) mass is 849 g/mol. The minimum absolute atomic E-state index is 0.181. The van der Waals surface area contributed by atoms with Crippen molar-refractivity contribution in [3.63, 3.8) is 0 Å². The van der Waals surface area contributed by atoms with Gasteiger partial charge in [0, 0.05) is 26.4 Å². The molecule has 1 fully saturated rings. The Kier molecular flexibility index (Phi) is 34.8. The summed E-state index contributed by atoms with van der Waals surface area (Å²) in [7, 11) is 0. The molecule has 1 aliphatic rings. The predicted molar refractivity (Wildman–Crippen MR) is 264 cm³/mol. The standard InChI is InChI=1S/C56H112O4/c1-15-53-21-19-37-57-41-51(13)59-38-20-22-54(16-2)32-28-48(10)44(6)23-25-45(7)49(11)29-33-55(17-3)35-39-58-42-52(14)60-40-36-56(18-4)34-30-50(12)46(8)26-24-43(5)47(9)27-31-53/h43-56H,15-42H2,1-14H3. The van der Waals surface area contributed by atoms with Gasteiger partial charge >= 0.3 is 0 Å². The van der Waals surface area contributed by atoms with Crippen molar-refractivity contribution in [1.82, 2.24) is 0 Å². The van der Waals surface area contributed by atoms with E-state index in [2.05, 4.69) is 96.9 Å². The second kappa shape index (κ2) is 36.1. The molecule has 14 unspecified atom stereocenters. The molecule has 0 aromatic heterocycles. The van der Waals surface area contributed by atoms with Gasteiger partial charge in [-0.1, -0.05) is 186 Å². The van der Waals surface area contributed by atoms with Crippen LogP contribution in [0.2, 0.25) is 0 Å². The van der Waals surface area contributed by atoms with E-state index in [1.165, 1.54) is 141 Å². The number of hydrogen-bond donors (Lipinski definition) is 0. The molecule has 0 bridgehead atoms. The molecule has 0 spiro atoms. The molecule has 0 aliphatic carbocycles. The summed E-state index contributed by atoms with van der Waals surface area (Å²) in [6.45, 7) is 39.0. The fraction of sp³-hybridized carbons (Fsp3) is 1.00. The van der Waals surface area contributed by atoms with Crippen LogP contribution in [-0.4, -0.2) is 51.8 Å². The summed E-state index contributed by atoms with van der Waals surface area (Å²) in [6.07, 6.45) is 29.2.